The van der Waals surface area contributed by atoms with Crippen molar-refractivity contribution < 1.29 is 8.42 Å². The molecule has 2 rings (SSSR count). The fourth-order valence-corrected chi connectivity index (χ4v) is 4.50. The first-order chi connectivity index (χ1) is 9.05. The molecule has 1 aromatic rings. The van der Waals surface area contributed by atoms with E-state index in [9.17, 15) is 8.42 Å². The Bertz CT molecular complexity index is 590. The van der Waals surface area contributed by atoms with Crippen molar-refractivity contribution in [2.45, 2.75) is 19.4 Å². The molecule has 0 aliphatic carbocycles. The van der Waals surface area contributed by atoms with Gasteiger partial charge in [0.05, 0.1) is 23.1 Å². The summed E-state index contributed by atoms with van der Waals surface area (Å²) in [5.41, 5.74) is 1.62. The van der Waals surface area contributed by atoms with Gasteiger partial charge >= 0.3 is 0 Å². The molecule has 0 aromatic heterocycles. The Labute approximate surface area is 114 Å². The maximum atomic E-state index is 11.6. The van der Waals surface area contributed by atoms with Gasteiger partial charge in [-0.15, -0.1) is 0 Å². The molecule has 2 unspecified atom stereocenters. The third-order valence-electron chi connectivity index (χ3n) is 3.54. The van der Waals surface area contributed by atoms with Crippen LogP contribution in [0, 0.1) is 17.2 Å². The molecule has 1 aliphatic heterocycles. The third-order valence-corrected chi connectivity index (χ3v) is 5.33. The van der Waals surface area contributed by atoms with Crippen LogP contribution < -0.4 is 5.32 Å². The Kier molecular flexibility index (Phi) is 4.23. The van der Waals surface area contributed by atoms with Crippen molar-refractivity contribution in [1.82, 2.24) is 5.32 Å². The highest BCUT2D eigenvalue weighted by atomic mass is 32.2. The second kappa shape index (κ2) is 5.72. The summed E-state index contributed by atoms with van der Waals surface area (Å²) < 4.78 is 23.2. The van der Waals surface area contributed by atoms with Gasteiger partial charge in [0.2, 0.25) is 0 Å². The van der Waals surface area contributed by atoms with Gasteiger partial charge in [0.1, 0.15) is 0 Å². The van der Waals surface area contributed by atoms with E-state index in [0.29, 0.717) is 12.0 Å². The van der Waals surface area contributed by atoms with E-state index in [-0.39, 0.29) is 23.5 Å². The lowest BCUT2D eigenvalue weighted by Crippen LogP contribution is -2.29. The Hall–Kier alpha value is -1.38. The van der Waals surface area contributed by atoms with Crippen molar-refractivity contribution in [1.29, 1.82) is 5.26 Å². The van der Waals surface area contributed by atoms with Crippen LogP contribution in [0.3, 0.4) is 0 Å². The lowest BCUT2D eigenvalue weighted by Gasteiger charge is -2.24. The van der Waals surface area contributed by atoms with Crippen LogP contribution in [-0.2, 0) is 9.84 Å². The number of nitrogens with one attached hydrogen (secondary N) is 1. The highest BCUT2D eigenvalue weighted by molar-refractivity contribution is 7.91. The number of nitriles is 1. The number of rotatable bonds is 4. The van der Waals surface area contributed by atoms with Crippen LogP contribution >= 0.6 is 0 Å². The molecule has 1 aliphatic rings. The molecule has 0 bridgehead atoms. The highest BCUT2D eigenvalue weighted by Gasteiger charge is 2.34. The summed E-state index contributed by atoms with van der Waals surface area (Å²) in [4.78, 5) is 0. The van der Waals surface area contributed by atoms with Gasteiger partial charge in [0.25, 0.3) is 0 Å². The lowest BCUT2D eigenvalue weighted by molar-refractivity contribution is 0.400. The molecule has 102 valence electrons. The molecule has 1 heterocycles. The molecule has 4 nitrogen and oxygen atoms in total. The van der Waals surface area contributed by atoms with Gasteiger partial charge < -0.3 is 5.32 Å². The number of benzene rings is 1. The molecule has 0 radical (unpaired) electrons. The fraction of sp³-hybridized carbons (Fsp3) is 0.500. The molecule has 1 N–H and O–H groups in total. The van der Waals surface area contributed by atoms with E-state index in [4.69, 9.17) is 5.26 Å². The quantitative estimate of drug-likeness (QED) is 0.909. The van der Waals surface area contributed by atoms with Crippen molar-refractivity contribution in [2.24, 2.45) is 5.92 Å². The largest absolute Gasteiger partial charge is 0.310 e. The van der Waals surface area contributed by atoms with Crippen LogP contribution in [0.2, 0.25) is 0 Å². The molecule has 1 aromatic carbocycles. The monoisotopic (exact) mass is 278 g/mol. The second-order valence-corrected chi connectivity index (χ2v) is 7.16. The maximum absolute atomic E-state index is 11.6. The summed E-state index contributed by atoms with van der Waals surface area (Å²) >= 11 is 0. The Morgan fingerprint density at radius 1 is 1.53 bits per heavy atom. The summed E-state index contributed by atoms with van der Waals surface area (Å²) in [5.74, 6) is 0.609. The van der Waals surface area contributed by atoms with Gasteiger partial charge in [0.15, 0.2) is 9.84 Å². The number of nitrogens with zero attached hydrogens (tertiary/aromatic N) is 1. The zero-order valence-corrected chi connectivity index (χ0v) is 11.8. The summed E-state index contributed by atoms with van der Waals surface area (Å²) in [6.45, 7) is 2.78. The Balaban J connectivity index is 2.27. The maximum Gasteiger partial charge on any atom is 0.150 e. The molecule has 0 spiro atoms. The van der Waals surface area contributed by atoms with Crippen molar-refractivity contribution in [3.63, 3.8) is 0 Å². The predicted octanol–water partition coefficient (Wildman–Crippen LogP) is 1.64. The average molecular weight is 278 g/mol. The number of sulfone groups is 1. The van der Waals surface area contributed by atoms with Crippen LogP contribution in [-0.4, -0.2) is 26.5 Å². The summed E-state index contributed by atoms with van der Waals surface area (Å²) in [6, 6.07) is 9.55. The van der Waals surface area contributed by atoms with E-state index in [0.717, 1.165) is 12.1 Å². The van der Waals surface area contributed by atoms with E-state index in [1.165, 1.54) is 0 Å². The topological polar surface area (TPSA) is 70.0 Å². The summed E-state index contributed by atoms with van der Waals surface area (Å²) in [5, 5.41) is 12.3. The zero-order valence-electron chi connectivity index (χ0n) is 11.0. The normalized spacial score (nSPS) is 22.8. The first-order valence-electron chi connectivity index (χ1n) is 6.49. The third kappa shape index (κ3) is 3.34. The highest BCUT2D eigenvalue weighted by Crippen LogP contribution is 2.31. The zero-order chi connectivity index (χ0) is 13.9. The molecule has 2 atom stereocenters. The van der Waals surface area contributed by atoms with E-state index in [1.54, 1.807) is 6.07 Å². The lowest BCUT2D eigenvalue weighted by atomic mass is 9.91. The fourth-order valence-electron chi connectivity index (χ4n) is 2.66. The minimum absolute atomic E-state index is 0.00979. The minimum Gasteiger partial charge on any atom is -0.310 e. The van der Waals surface area contributed by atoms with Crippen molar-refractivity contribution in [3.8, 4) is 6.07 Å². The van der Waals surface area contributed by atoms with Crippen LogP contribution in [0.1, 0.15) is 30.5 Å². The standard InChI is InChI=1S/C14H18N2O2S/c1-2-16-14(13-6-7-19(17,18)10-13)12-5-3-4-11(8-12)9-15/h3-5,8,13-14,16H,2,6-7,10H2,1H3. The summed E-state index contributed by atoms with van der Waals surface area (Å²) in [6.07, 6.45) is 0.691. The van der Waals surface area contributed by atoms with Gasteiger partial charge in [0, 0.05) is 6.04 Å². The van der Waals surface area contributed by atoms with Gasteiger partial charge in [-0.2, -0.15) is 5.26 Å². The number of hydrogen-bond donors (Lipinski definition) is 1. The Morgan fingerprint density at radius 3 is 2.89 bits per heavy atom. The molecular formula is C14H18N2O2S. The van der Waals surface area contributed by atoms with Gasteiger partial charge in [-0.3, -0.25) is 0 Å². The van der Waals surface area contributed by atoms with Crippen LogP contribution in [0.4, 0.5) is 0 Å². The van der Waals surface area contributed by atoms with Crippen molar-refractivity contribution in [2.75, 3.05) is 18.1 Å². The molecular weight excluding hydrogens is 260 g/mol. The molecule has 0 saturated carbocycles. The molecule has 1 fully saturated rings. The smallest absolute Gasteiger partial charge is 0.150 e. The van der Waals surface area contributed by atoms with Crippen molar-refractivity contribution >= 4 is 9.84 Å². The van der Waals surface area contributed by atoms with E-state index >= 15 is 0 Å². The molecule has 19 heavy (non-hydrogen) atoms. The van der Waals surface area contributed by atoms with Crippen LogP contribution in [0.15, 0.2) is 24.3 Å². The SMILES string of the molecule is CCNC(c1cccc(C#N)c1)C1CCS(=O)(=O)C1. The minimum atomic E-state index is -2.89. The van der Waals surface area contributed by atoms with E-state index in [1.807, 2.05) is 25.1 Å². The molecule has 1 saturated heterocycles. The molecule has 0 amide bonds. The number of hydrogen-bond acceptors (Lipinski definition) is 4. The van der Waals surface area contributed by atoms with Crippen LogP contribution in [0.25, 0.3) is 0 Å². The van der Waals surface area contributed by atoms with Gasteiger partial charge in [-0.1, -0.05) is 19.1 Å². The predicted molar refractivity (Wildman–Crippen MR) is 74.3 cm³/mol. The van der Waals surface area contributed by atoms with Gasteiger partial charge in [-0.05, 0) is 36.6 Å². The van der Waals surface area contributed by atoms with E-state index in [2.05, 4.69) is 11.4 Å². The average Bonchev–Trinajstić information content (AvgIpc) is 2.76. The summed E-state index contributed by atoms with van der Waals surface area (Å²) in [7, 11) is -2.89. The molecule has 5 heteroatoms. The van der Waals surface area contributed by atoms with E-state index < -0.39 is 9.84 Å². The first-order valence-corrected chi connectivity index (χ1v) is 8.31. The second-order valence-electron chi connectivity index (χ2n) is 4.94. The van der Waals surface area contributed by atoms with Crippen LogP contribution in [0.5, 0.6) is 0 Å². The van der Waals surface area contributed by atoms with Crippen molar-refractivity contribution in [3.05, 3.63) is 35.4 Å². The first kappa shape index (κ1) is 14.0. The van der Waals surface area contributed by atoms with Gasteiger partial charge in [-0.25, -0.2) is 8.42 Å². The Morgan fingerprint density at radius 2 is 2.32 bits per heavy atom.